The molecule has 6 heteroatoms. The van der Waals surface area contributed by atoms with Crippen molar-refractivity contribution in [2.24, 2.45) is 17.4 Å². The van der Waals surface area contributed by atoms with Crippen LogP contribution in [0.1, 0.15) is 46.8 Å². The van der Waals surface area contributed by atoms with Gasteiger partial charge in [-0.2, -0.15) is 0 Å². The summed E-state index contributed by atoms with van der Waals surface area (Å²) in [4.78, 5) is 17.7. The second kappa shape index (κ2) is 6.73. The maximum absolute atomic E-state index is 11.7. The number of primary amides is 1. The van der Waals surface area contributed by atoms with Crippen LogP contribution < -0.4 is 11.5 Å². The molecule has 4 nitrogen and oxygen atoms in total. The van der Waals surface area contributed by atoms with Crippen molar-refractivity contribution in [2.75, 3.05) is 6.54 Å². The predicted octanol–water partition coefficient (Wildman–Crippen LogP) is 3.05. The highest BCUT2D eigenvalue weighted by atomic mass is 35.5. The van der Waals surface area contributed by atoms with Crippen molar-refractivity contribution >= 4 is 39.9 Å². The minimum Gasteiger partial charge on any atom is -0.365 e. The number of hydrogen-bond donors (Lipinski definition) is 2. The zero-order valence-corrected chi connectivity index (χ0v) is 13.4. The quantitative estimate of drug-likeness (QED) is 0.909. The third-order valence-corrected chi connectivity index (χ3v) is 5.46. The number of fused-ring (bicyclic) bond motifs is 1. The summed E-state index contributed by atoms with van der Waals surface area (Å²) in [6, 6.07) is 3.98. The van der Waals surface area contributed by atoms with Gasteiger partial charge >= 0.3 is 0 Å². The Hall–Kier alpha value is -1.17. The Morgan fingerprint density at radius 3 is 2.67 bits per heavy atom. The topological polar surface area (TPSA) is 82.0 Å². The molecule has 0 radical (unpaired) electrons. The van der Waals surface area contributed by atoms with Crippen LogP contribution in [0.2, 0.25) is 0 Å². The molecule has 3 rings (SSSR count). The summed E-state index contributed by atoms with van der Waals surface area (Å²) in [7, 11) is 0. The molecule has 1 fully saturated rings. The summed E-state index contributed by atoms with van der Waals surface area (Å²) in [5, 5.41) is 1.10. The van der Waals surface area contributed by atoms with Gasteiger partial charge in [-0.15, -0.1) is 23.7 Å². The van der Waals surface area contributed by atoms with Crippen molar-refractivity contribution in [3.63, 3.8) is 0 Å². The Bertz CT molecular complexity index is 635. The Kier molecular flexibility index (Phi) is 5.19. The summed E-state index contributed by atoms with van der Waals surface area (Å²) >= 11 is 1.42. The van der Waals surface area contributed by atoms with E-state index in [1.54, 1.807) is 6.20 Å². The number of carbonyl (C=O) groups is 1. The fourth-order valence-electron chi connectivity index (χ4n) is 3.23. The lowest BCUT2D eigenvalue weighted by molar-refractivity contribution is 0.100. The van der Waals surface area contributed by atoms with Gasteiger partial charge in [0.05, 0.1) is 4.88 Å². The van der Waals surface area contributed by atoms with Crippen LogP contribution in [-0.2, 0) is 0 Å². The SMILES string of the molecule is Cl.NCC1CCC(c2c(C(N)=O)sc3ncccc23)CC1. The lowest BCUT2D eigenvalue weighted by Gasteiger charge is -2.28. The van der Waals surface area contributed by atoms with Crippen LogP contribution in [-0.4, -0.2) is 17.4 Å². The molecule has 0 aliphatic heterocycles. The first-order valence-electron chi connectivity index (χ1n) is 7.08. The molecule has 2 heterocycles. The number of nitrogens with two attached hydrogens (primary N) is 2. The standard InChI is InChI=1S/C15H19N3OS.ClH/c16-8-9-3-5-10(6-4-9)12-11-2-1-7-18-15(11)20-13(12)14(17)19;/h1-2,7,9-10H,3-6,8,16H2,(H2,17,19);1H. The number of halogens is 1. The number of aromatic nitrogens is 1. The third kappa shape index (κ3) is 3.05. The van der Waals surface area contributed by atoms with E-state index in [2.05, 4.69) is 11.1 Å². The van der Waals surface area contributed by atoms with Gasteiger partial charge in [0, 0.05) is 11.6 Å². The molecule has 4 N–H and O–H groups in total. The first-order valence-corrected chi connectivity index (χ1v) is 7.89. The van der Waals surface area contributed by atoms with E-state index >= 15 is 0 Å². The number of carbonyl (C=O) groups excluding carboxylic acids is 1. The van der Waals surface area contributed by atoms with Gasteiger partial charge in [0.15, 0.2) is 0 Å². The van der Waals surface area contributed by atoms with Gasteiger partial charge in [-0.3, -0.25) is 4.79 Å². The minimum absolute atomic E-state index is 0. The summed E-state index contributed by atoms with van der Waals surface area (Å²) in [5.41, 5.74) is 12.4. The highest BCUT2D eigenvalue weighted by Gasteiger charge is 2.28. The van der Waals surface area contributed by atoms with Gasteiger partial charge < -0.3 is 11.5 Å². The molecule has 1 aliphatic rings. The normalized spacial score (nSPS) is 22.0. The maximum Gasteiger partial charge on any atom is 0.259 e. The predicted molar refractivity (Wildman–Crippen MR) is 89.1 cm³/mol. The average molecular weight is 326 g/mol. The molecule has 0 aromatic carbocycles. The van der Waals surface area contributed by atoms with Crippen molar-refractivity contribution in [1.82, 2.24) is 4.98 Å². The summed E-state index contributed by atoms with van der Waals surface area (Å²) in [6.45, 7) is 0.765. The summed E-state index contributed by atoms with van der Waals surface area (Å²) < 4.78 is 0. The van der Waals surface area contributed by atoms with E-state index < -0.39 is 0 Å². The van der Waals surface area contributed by atoms with Gasteiger partial charge in [0.1, 0.15) is 4.83 Å². The monoisotopic (exact) mass is 325 g/mol. The number of thiophene rings is 1. The Labute approximate surface area is 134 Å². The van der Waals surface area contributed by atoms with Gasteiger partial charge in [-0.1, -0.05) is 6.07 Å². The fraction of sp³-hybridized carbons (Fsp3) is 0.467. The number of rotatable bonds is 3. The molecule has 0 bridgehead atoms. The number of pyridine rings is 1. The van der Waals surface area contributed by atoms with Crippen LogP contribution in [0, 0.1) is 5.92 Å². The first kappa shape index (κ1) is 16.2. The molecule has 0 saturated heterocycles. The average Bonchev–Trinajstić information content (AvgIpc) is 2.87. The van der Waals surface area contributed by atoms with Crippen molar-refractivity contribution < 1.29 is 4.79 Å². The van der Waals surface area contributed by atoms with E-state index in [9.17, 15) is 4.79 Å². The second-order valence-electron chi connectivity index (χ2n) is 5.52. The van der Waals surface area contributed by atoms with Crippen LogP contribution in [0.15, 0.2) is 18.3 Å². The van der Waals surface area contributed by atoms with E-state index in [1.807, 2.05) is 6.07 Å². The number of hydrogen-bond acceptors (Lipinski definition) is 4. The van der Waals surface area contributed by atoms with Crippen LogP contribution in [0.25, 0.3) is 10.2 Å². The largest absolute Gasteiger partial charge is 0.365 e. The number of nitrogens with zero attached hydrogens (tertiary/aromatic N) is 1. The summed E-state index contributed by atoms with van der Waals surface area (Å²) in [6.07, 6.45) is 6.21. The zero-order chi connectivity index (χ0) is 14.1. The van der Waals surface area contributed by atoms with E-state index in [4.69, 9.17) is 11.5 Å². The second-order valence-corrected chi connectivity index (χ2v) is 6.52. The molecule has 0 unspecified atom stereocenters. The van der Waals surface area contributed by atoms with E-state index in [-0.39, 0.29) is 18.3 Å². The molecule has 114 valence electrons. The van der Waals surface area contributed by atoms with Crippen LogP contribution in [0.5, 0.6) is 0 Å². The van der Waals surface area contributed by atoms with Crippen LogP contribution in [0.4, 0.5) is 0 Å². The van der Waals surface area contributed by atoms with Gasteiger partial charge in [0.2, 0.25) is 0 Å². The molecule has 21 heavy (non-hydrogen) atoms. The summed E-state index contributed by atoms with van der Waals surface area (Å²) in [5.74, 6) is 0.716. The van der Waals surface area contributed by atoms with Gasteiger partial charge in [0.25, 0.3) is 5.91 Å². The van der Waals surface area contributed by atoms with E-state index in [1.165, 1.54) is 11.3 Å². The third-order valence-electron chi connectivity index (χ3n) is 4.32. The molecule has 0 spiro atoms. The molecule has 0 atom stereocenters. The maximum atomic E-state index is 11.7. The fourth-order valence-corrected chi connectivity index (χ4v) is 4.31. The molecule has 2 aromatic rings. The Morgan fingerprint density at radius 1 is 1.33 bits per heavy atom. The lowest BCUT2D eigenvalue weighted by atomic mass is 9.78. The lowest BCUT2D eigenvalue weighted by Crippen LogP contribution is -2.22. The van der Waals surface area contributed by atoms with Crippen molar-refractivity contribution in [3.05, 3.63) is 28.8 Å². The molecular weight excluding hydrogens is 306 g/mol. The first-order chi connectivity index (χ1) is 9.70. The minimum atomic E-state index is -0.330. The molecule has 1 amide bonds. The smallest absolute Gasteiger partial charge is 0.259 e. The number of amides is 1. The Morgan fingerprint density at radius 2 is 2.05 bits per heavy atom. The molecule has 1 saturated carbocycles. The van der Waals surface area contributed by atoms with Crippen molar-refractivity contribution in [2.45, 2.75) is 31.6 Å². The Balaban J connectivity index is 0.00000161. The van der Waals surface area contributed by atoms with Gasteiger partial charge in [-0.25, -0.2) is 4.98 Å². The molecule has 1 aliphatic carbocycles. The van der Waals surface area contributed by atoms with Crippen LogP contribution in [0.3, 0.4) is 0 Å². The van der Waals surface area contributed by atoms with Crippen molar-refractivity contribution in [1.29, 1.82) is 0 Å². The highest BCUT2D eigenvalue weighted by Crippen LogP contribution is 2.42. The van der Waals surface area contributed by atoms with Crippen molar-refractivity contribution in [3.8, 4) is 0 Å². The zero-order valence-electron chi connectivity index (χ0n) is 11.7. The highest BCUT2D eigenvalue weighted by molar-refractivity contribution is 7.20. The van der Waals surface area contributed by atoms with Crippen LogP contribution >= 0.6 is 23.7 Å². The van der Waals surface area contributed by atoms with E-state index in [0.29, 0.717) is 16.7 Å². The molecule has 2 aromatic heterocycles. The molecular formula is C15H20ClN3OS. The van der Waals surface area contributed by atoms with E-state index in [0.717, 1.165) is 48.0 Å². The van der Waals surface area contributed by atoms with Gasteiger partial charge in [-0.05, 0) is 55.7 Å².